The SMILES string of the molecule is CN[C@@H](CO)Cc1cncs1. The van der Waals surface area contributed by atoms with Crippen molar-refractivity contribution in [2.24, 2.45) is 0 Å². The van der Waals surface area contributed by atoms with Crippen LogP contribution in [0.2, 0.25) is 0 Å². The third-order valence-corrected chi connectivity index (χ3v) is 2.36. The topological polar surface area (TPSA) is 45.1 Å². The number of likely N-dealkylation sites (N-methyl/N-ethyl adjacent to an activating group) is 1. The summed E-state index contributed by atoms with van der Waals surface area (Å²) in [5, 5.41) is 11.9. The van der Waals surface area contributed by atoms with Gasteiger partial charge in [-0.3, -0.25) is 4.98 Å². The van der Waals surface area contributed by atoms with E-state index in [0.717, 1.165) is 6.42 Å². The molecule has 0 saturated carbocycles. The molecule has 0 saturated heterocycles. The predicted molar refractivity (Wildman–Crippen MR) is 45.8 cm³/mol. The van der Waals surface area contributed by atoms with E-state index in [1.807, 2.05) is 13.2 Å². The van der Waals surface area contributed by atoms with Crippen molar-refractivity contribution in [2.45, 2.75) is 12.5 Å². The molecular formula is C7H12N2OS. The second-order valence-corrected chi connectivity index (χ2v) is 3.31. The summed E-state index contributed by atoms with van der Waals surface area (Å²) in [5.74, 6) is 0. The molecule has 0 amide bonds. The Labute approximate surface area is 70.1 Å². The second-order valence-electron chi connectivity index (χ2n) is 2.34. The lowest BCUT2D eigenvalue weighted by Gasteiger charge is -2.10. The number of hydrogen-bond donors (Lipinski definition) is 2. The Kier molecular flexibility index (Phi) is 3.48. The number of aliphatic hydroxyl groups is 1. The van der Waals surface area contributed by atoms with E-state index < -0.39 is 0 Å². The summed E-state index contributed by atoms with van der Waals surface area (Å²) in [4.78, 5) is 5.16. The fourth-order valence-corrected chi connectivity index (χ4v) is 1.52. The number of aliphatic hydroxyl groups excluding tert-OH is 1. The van der Waals surface area contributed by atoms with Crippen LogP contribution in [-0.4, -0.2) is 29.8 Å². The third kappa shape index (κ3) is 2.57. The lowest BCUT2D eigenvalue weighted by Crippen LogP contribution is -2.30. The minimum Gasteiger partial charge on any atom is -0.395 e. The van der Waals surface area contributed by atoms with Crippen LogP contribution in [0.1, 0.15) is 4.88 Å². The molecular weight excluding hydrogens is 160 g/mol. The van der Waals surface area contributed by atoms with Gasteiger partial charge in [0.25, 0.3) is 0 Å². The summed E-state index contributed by atoms with van der Waals surface area (Å²) >= 11 is 1.62. The molecule has 0 radical (unpaired) electrons. The van der Waals surface area contributed by atoms with Crippen LogP contribution in [-0.2, 0) is 6.42 Å². The number of hydrogen-bond acceptors (Lipinski definition) is 4. The van der Waals surface area contributed by atoms with Gasteiger partial charge in [-0.1, -0.05) is 0 Å². The van der Waals surface area contributed by atoms with Gasteiger partial charge in [-0.05, 0) is 7.05 Å². The molecule has 1 heterocycles. The van der Waals surface area contributed by atoms with Crippen molar-refractivity contribution in [2.75, 3.05) is 13.7 Å². The number of nitrogens with zero attached hydrogens (tertiary/aromatic N) is 1. The first-order chi connectivity index (χ1) is 5.36. The first-order valence-electron chi connectivity index (χ1n) is 3.52. The maximum absolute atomic E-state index is 8.85. The zero-order chi connectivity index (χ0) is 8.10. The molecule has 1 aromatic heterocycles. The molecule has 0 aliphatic heterocycles. The minimum atomic E-state index is 0.162. The van der Waals surface area contributed by atoms with Crippen molar-refractivity contribution in [3.05, 3.63) is 16.6 Å². The lowest BCUT2D eigenvalue weighted by molar-refractivity contribution is 0.248. The van der Waals surface area contributed by atoms with Gasteiger partial charge in [-0.25, -0.2) is 0 Å². The van der Waals surface area contributed by atoms with E-state index in [0.29, 0.717) is 0 Å². The van der Waals surface area contributed by atoms with E-state index in [9.17, 15) is 0 Å². The number of nitrogens with one attached hydrogen (secondary N) is 1. The fourth-order valence-electron chi connectivity index (χ4n) is 0.844. The Morgan fingerprint density at radius 1 is 1.82 bits per heavy atom. The Hall–Kier alpha value is -0.450. The lowest BCUT2D eigenvalue weighted by atomic mass is 10.2. The summed E-state index contributed by atoms with van der Waals surface area (Å²) in [6.45, 7) is 0.175. The first-order valence-corrected chi connectivity index (χ1v) is 4.40. The normalized spacial score (nSPS) is 13.3. The van der Waals surface area contributed by atoms with Gasteiger partial charge in [-0.2, -0.15) is 0 Å². The number of thiazole rings is 1. The highest BCUT2D eigenvalue weighted by Crippen LogP contribution is 2.07. The number of aromatic nitrogens is 1. The van der Waals surface area contributed by atoms with Crippen LogP contribution < -0.4 is 5.32 Å². The van der Waals surface area contributed by atoms with Crippen molar-refractivity contribution in [1.82, 2.24) is 10.3 Å². The molecule has 0 unspecified atom stereocenters. The van der Waals surface area contributed by atoms with E-state index in [1.54, 1.807) is 16.8 Å². The van der Waals surface area contributed by atoms with Crippen molar-refractivity contribution in [3.63, 3.8) is 0 Å². The Bertz CT molecular complexity index is 184. The van der Waals surface area contributed by atoms with Crippen LogP contribution >= 0.6 is 11.3 Å². The van der Waals surface area contributed by atoms with Gasteiger partial charge >= 0.3 is 0 Å². The third-order valence-electron chi connectivity index (χ3n) is 1.56. The molecule has 0 fully saturated rings. The molecule has 0 aliphatic carbocycles. The average molecular weight is 172 g/mol. The zero-order valence-electron chi connectivity index (χ0n) is 6.45. The average Bonchev–Trinajstić information content (AvgIpc) is 2.52. The highest BCUT2D eigenvalue weighted by atomic mass is 32.1. The highest BCUT2D eigenvalue weighted by Gasteiger charge is 2.05. The summed E-state index contributed by atoms with van der Waals surface area (Å²) in [7, 11) is 1.85. The van der Waals surface area contributed by atoms with Crippen LogP contribution in [0, 0.1) is 0 Å². The van der Waals surface area contributed by atoms with Gasteiger partial charge in [0, 0.05) is 23.5 Å². The van der Waals surface area contributed by atoms with Crippen molar-refractivity contribution in [1.29, 1.82) is 0 Å². The van der Waals surface area contributed by atoms with Gasteiger partial charge in [0.05, 0.1) is 12.1 Å². The van der Waals surface area contributed by atoms with E-state index >= 15 is 0 Å². The van der Waals surface area contributed by atoms with Crippen LogP contribution in [0.4, 0.5) is 0 Å². The molecule has 0 aliphatic rings. The maximum Gasteiger partial charge on any atom is 0.0794 e. The minimum absolute atomic E-state index is 0.162. The van der Waals surface area contributed by atoms with Crippen LogP contribution in [0.3, 0.4) is 0 Å². The van der Waals surface area contributed by atoms with Crippen LogP contribution in [0.15, 0.2) is 11.7 Å². The molecule has 1 aromatic rings. The van der Waals surface area contributed by atoms with E-state index in [-0.39, 0.29) is 12.6 Å². The van der Waals surface area contributed by atoms with Gasteiger partial charge in [0.1, 0.15) is 0 Å². The van der Waals surface area contributed by atoms with Crippen molar-refractivity contribution < 1.29 is 5.11 Å². The molecule has 4 heteroatoms. The molecule has 3 nitrogen and oxygen atoms in total. The van der Waals surface area contributed by atoms with Crippen LogP contribution in [0.25, 0.3) is 0 Å². The Balaban J connectivity index is 2.41. The van der Waals surface area contributed by atoms with Crippen molar-refractivity contribution >= 4 is 11.3 Å². The van der Waals surface area contributed by atoms with Crippen LogP contribution in [0.5, 0.6) is 0 Å². The summed E-state index contributed by atoms with van der Waals surface area (Å²) in [6, 6.07) is 0.162. The van der Waals surface area contributed by atoms with E-state index in [1.165, 1.54) is 4.88 Å². The molecule has 1 rings (SSSR count). The first kappa shape index (κ1) is 8.64. The maximum atomic E-state index is 8.85. The number of rotatable bonds is 4. The molecule has 0 aromatic carbocycles. The van der Waals surface area contributed by atoms with Gasteiger partial charge < -0.3 is 10.4 Å². The zero-order valence-corrected chi connectivity index (χ0v) is 7.27. The van der Waals surface area contributed by atoms with E-state index in [2.05, 4.69) is 10.3 Å². The standard InChI is InChI=1S/C7H12N2OS/c1-8-6(4-10)2-7-3-9-5-11-7/h3,5-6,8,10H,2,4H2,1H3/t6-/m1/s1. The second kappa shape index (κ2) is 4.43. The van der Waals surface area contributed by atoms with E-state index in [4.69, 9.17) is 5.11 Å². The fraction of sp³-hybridized carbons (Fsp3) is 0.571. The quantitative estimate of drug-likeness (QED) is 0.685. The molecule has 0 bridgehead atoms. The monoisotopic (exact) mass is 172 g/mol. The van der Waals surface area contributed by atoms with Gasteiger partial charge in [-0.15, -0.1) is 11.3 Å². The summed E-state index contributed by atoms with van der Waals surface area (Å²) in [5.41, 5.74) is 1.80. The summed E-state index contributed by atoms with van der Waals surface area (Å²) in [6.07, 6.45) is 2.70. The molecule has 11 heavy (non-hydrogen) atoms. The largest absolute Gasteiger partial charge is 0.395 e. The smallest absolute Gasteiger partial charge is 0.0794 e. The molecule has 1 atom stereocenters. The Morgan fingerprint density at radius 2 is 2.64 bits per heavy atom. The molecule has 2 N–H and O–H groups in total. The van der Waals surface area contributed by atoms with Gasteiger partial charge in [0.15, 0.2) is 0 Å². The Morgan fingerprint density at radius 3 is 3.09 bits per heavy atom. The van der Waals surface area contributed by atoms with Crippen molar-refractivity contribution in [3.8, 4) is 0 Å². The molecule has 62 valence electrons. The molecule has 0 spiro atoms. The summed E-state index contributed by atoms with van der Waals surface area (Å²) < 4.78 is 0. The predicted octanol–water partition coefficient (Wildman–Crippen LogP) is 0.266. The highest BCUT2D eigenvalue weighted by molar-refractivity contribution is 7.09. The van der Waals surface area contributed by atoms with Gasteiger partial charge in [0.2, 0.25) is 0 Å².